The van der Waals surface area contributed by atoms with Gasteiger partial charge in [0.15, 0.2) is 0 Å². The number of esters is 1. The Labute approximate surface area is 135 Å². The smallest absolute Gasteiger partial charge is 0.467 e. The van der Waals surface area contributed by atoms with Crippen LogP contribution in [0.15, 0.2) is 28.8 Å². The molecular weight excluding hydrogens is 330 g/mol. The molecule has 2 rings (SSSR count). The number of nitrogens with zero attached hydrogens (tertiary/aromatic N) is 3. The van der Waals surface area contributed by atoms with Crippen molar-refractivity contribution in [2.75, 3.05) is 13.7 Å². The number of carbonyl (C=O) groups excluding carboxylic acids is 1. The molecule has 0 aliphatic rings. The third-order valence-electron chi connectivity index (χ3n) is 2.86. The second-order valence-electron chi connectivity index (χ2n) is 4.25. The molecule has 9 nitrogen and oxygen atoms in total. The Morgan fingerprint density at radius 2 is 2.09 bits per heavy atom. The predicted molar refractivity (Wildman–Crippen MR) is 77.4 cm³/mol. The zero-order chi connectivity index (χ0) is 17.0. The number of alkyl halides is 1. The molecule has 1 atom stereocenters. The fourth-order valence-corrected chi connectivity index (χ4v) is 1.81. The minimum Gasteiger partial charge on any atom is -0.497 e. The SMILES string of the molecule is CCOC(=O)C(Cl)(c1nc(-c2ccc(OC)cc2)no1)[N+](=O)[O-]. The van der Waals surface area contributed by atoms with Crippen molar-refractivity contribution >= 4 is 17.6 Å². The molecule has 1 aromatic carbocycles. The maximum absolute atomic E-state index is 11.8. The van der Waals surface area contributed by atoms with Gasteiger partial charge in [0.1, 0.15) is 5.75 Å². The summed E-state index contributed by atoms with van der Waals surface area (Å²) >= 11 is 5.79. The molecule has 1 heterocycles. The van der Waals surface area contributed by atoms with Crippen molar-refractivity contribution in [1.82, 2.24) is 10.1 Å². The zero-order valence-electron chi connectivity index (χ0n) is 12.2. The van der Waals surface area contributed by atoms with Gasteiger partial charge in [0.25, 0.3) is 0 Å². The minimum absolute atomic E-state index is 0.0406. The molecule has 2 aromatic rings. The van der Waals surface area contributed by atoms with E-state index in [4.69, 9.17) is 20.9 Å². The molecule has 0 N–H and O–H groups in total. The number of nitro groups is 1. The van der Waals surface area contributed by atoms with Gasteiger partial charge in [0.2, 0.25) is 5.82 Å². The van der Waals surface area contributed by atoms with Gasteiger partial charge in [0.05, 0.1) is 18.6 Å². The summed E-state index contributed by atoms with van der Waals surface area (Å²) in [5.41, 5.74) is 0.507. The fraction of sp³-hybridized carbons (Fsp3) is 0.308. The van der Waals surface area contributed by atoms with E-state index in [0.29, 0.717) is 11.3 Å². The van der Waals surface area contributed by atoms with Crippen molar-refractivity contribution < 1.29 is 23.7 Å². The number of hydrogen-bond donors (Lipinski definition) is 0. The summed E-state index contributed by atoms with van der Waals surface area (Å²) in [4.78, 5) is 23.0. The highest BCUT2D eigenvalue weighted by molar-refractivity contribution is 6.31. The van der Waals surface area contributed by atoms with Crippen LogP contribution in [-0.4, -0.2) is 34.7 Å². The van der Waals surface area contributed by atoms with Crippen molar-refractivity contribution in [2.24, 2.45) is 0 Å². The Morgan fingerprint density at radius 1 is 1.43 bits per heavy atom. The van der Waals surface area contributed by atoms with Gasteiger partial charge in [-0.2, -0.15) is 4.98 Å². The number of benzene rings is 1. The topological polar surface area (TPSA) is 118 Å². The third kappa shape index (κ3) is 3.09. The van der Waals surface area contributed by atoms with E-state index in [1.54, 1.807) is 24.3 Å². The Bertz CT molecular complexity index is 717. The first kappa shape index (κ1) is 16.7. The molecule has 0 spiro atoms. The van der Waals surface area contributed by atoms with Crippen LogP contribution in [0.25, 0.3) is 11.4 Å². The van der Waals surface area contributed by atoms with E-state index in [1.807, 2.05) is 0 Å². The van der Waals surface area contributed by atoms with E-state index < -0.39 is 21.8 Å². The monoisotopic (exact) mass is 341 g/mol. The number of aromatic nitrogens is 2. The zero-order valence-corrected chi connectivity index (χ0v) is 12.9. The van der Waals surface area contributed by atoms with Gasteiger partial charge in [-0.1, -0.05) is 5.16 Å². The number of carbonyl (C=O) groups is 1. The lowest BCUT2D eigenvalue weighted by atomic mass is 10.2. The van der Waals surface area contributed by atoms with Crippen LogP contribution in [0.1, 0.15) is 12.8 Å². The number of hydrogen-bond acceptors (Lipinski definition) is 8. The van der Waals surface area contributed by atoms with Gasteiger partial charge in [-0.15, -0.1) is 0 Å². The Morgan fingerprint density at radius 3 is 2.61 bits per heavy atom. The van der Waals surface area contributed by atoms with Gasteiger partial charge >= 0.3 is 16.9 Å². The largest absolute Gasteiger partial charge is 0.497 e. The molecule has 1 unspecified atom stereocenters. The van der Waals surface area contributed by atoms with E-state index in [1.165, 1.54) is 14.0 Å². The van der Waals surface area contributed by atoms with Crippen LogP contribution >= 0.6 is 11.6 Å². The second kappa shape index (κ2) is 6.61. The van der Waals surface area contributed by atoms with Gasteiger partial charge in [-0.3, -0.25) is 10.1 Å². The normalized spacial score (nSPS) is 13.2. The number of rotatable bonds is 6. The van der Waals surface area contributed by atoms with Crippen molar-refractivity contribution in [2.45, 2.75) is 11.9 Å². The van der Waals surface area contributed by atoms with Crippen molar-refractivity contribution in [3.8, 4) is 17.1 Å². The second-order valence-corrected chi connectivity index (χ2v) is 4.80. The van der Waals surface area contributed by atoms with Crippen LogP contribution < -0.4 is 4.74 Å². The van der Waals surface area contributed by atoms with E-state index in [9.17, 15) is 14.9 Å². The molecule has 0 amide bonds. The molecule has 23 heavy (non-hydrogen) atoms. The molecule has 0 aliphatic heterocycles. The molecule has 0 radical (unpaired) electrons. The summed E-state index contributed by atoms with van der Waals surface area (Å²) < 4.78 is 14.4. The quantitative estimate of drug-likeness (QED) is 0.257. The Kier molecular flexibility index (Phi) is 4.80. The number of ether oxygens (including phenoxy) is 2. The fourth-order valence-electron chi connectivity index (χ4n) is 1.68. The van der Waals surface area contributed by atoms with Crippen LogP contribution in [0.5, 0.6) is 5.75 Å². The average molecular weight is 342 g/mol. The van der Waals surface area contributed by atoms with Gasteiger partial charge < -0.3 is 14.0 Å². The van der Waals surface area contributed by atoms with E-state index in [0.717, 1.165) is 0 Å². The third-order valence-corrected chi connectivity index (χ3v) is 3.31. The standard InChI is InChI=1S/C13H12ClN3O6/c1-3-22-12(18)13(14,17(19)20)11-15-10(16-23-11)8-4-6-9(21-2)7-5-8/h4-7H,3H2,1-2H3. The van der Waals surface area contributed by atoms with Gasteiger partial charge in [-0.25, -0.2) is 4.79 Å². The lowest BCUT2D eigenvalue weighted by molar-refractivity contribution is -0.540. The van der Waals surface area contributed by atoms with Crippen LogP contribution in [-0.2, 0) is 14.5 Å². The Balaban J connectivity index is 2.38. The summed E-state index contributed by atoms with van der Waals surface area (Å²) in [6.45, 7) is 1.41. The molecule has 0 aliphatic carbocycles. The van der Waals surface area contributed by atoms with E-state index in [2.05, 4.69) is 14.9 Å². The summed E-state index contributed by atoms with van der Waals surface area (Å²) in [6.07, 6.45) is 0. The summed E-state index contributed by atoms with van der Waals surface area (Å²) in [7, 11) is 1.51. The Hall–Kier alpha value is -2.68. The van der Waals surface area contributed by atoms with Crippen molar-refractivity contribution in [1.29, 1.82) is 0 Å². The lowest BCUT2D eigenvalue weighted by Gasteiger charge is -2.11. The first-order valence-electron chi connectivity index (χ1n) is 6.42. The first-order chi connectivity index (χ1) is 10.9. The van der Waals surface area contributed by atoms with Crippen LogP contribution in [0.3, 0.4) is 0 Å². The average Bonchev–Trinajstić information content (AvgIpc) is 3.04. The van der Waals surface area contributed by atoms with Gasteiger partial charge in [0, 0.05) is 5.56 Å². The highest BCUT2D eigenvalue weighted by Crippen LogP contribution is 2.32. The number of methoxy groups -OCH3 is 1. The highest BCUT2D eigenvalue weighted by Gasteiger charge is 2.58. The van der Waals surface area contributed by atoms with Crippen LogP contribution in [0, 0.1) is 10.1 Å². The number of halogens is 1. The maximum Gasteiger partial charge on any atom is 0.467 e. The molecule has 122 valence electrons. The van der Waals surface area contributed by atoms with Crippen molar-refractivity contribution in [3.63, 3.8) is 0 Å². The van der Waals surface area contributed by atoms with Crippen molar-refractivity contribution in [3.05, 3.63) is 40.3 Å². The summed E-state index contributed by atoms with van der Waals surface area (Å²) in [5.74, 6) is -1.31. The van der Waals surface area contributed by atoms with Crippen LogP contribution in [0.2, 0.25) is 0 Å². The van der Waals surface area contributed by atoms with Crippen LogP contribution in [0.4, 0.5) is 0 Å². The molecular formula is C13H12ClN3O6. The van der Waals surface area contributed by atoms with Gasteiger partial charge in [-0.05, 0) is 42.8 Å². The maximum atomic E-state index is 11.8. The van der Waals surface area contributed by atoms with E-state index >= 15 is 0 Å². The molecule has 10 heteroatoms. The lowest BCUT2D eigenvalue weighted by Crippen LogP contribution is -2.40. The minimum atomic E-state index is -2.78. The molecule has 0 bridgehead atoms. The molecule has 1 aromatic heterocycles. The molecule has 0 saturated heterocycles. The predicted octanol–water partition coefficient (Wildman–Crippen LogP) is 1.98. The highest BCUT2D eigenvalue weighted by atomic mass is 35.5. The molecule has 0 saturated carbocycles. The summed E-state index contributed by atoms with van der Waals surface area (Å²) in [5, 5.41) is 14.8. The van der Waals surface area contributed by atoms with E-state index in [-0.39, 0.29) is 12.4 Å². The first-order valence-corrected chi connectivity index (χ1v) is 6.80. The summed E-state index contributed by atoms with van der Waals surface area (Å²) in [6, 6.07) is 6.55. The molecule has 0 fully saturated rings.